The number of phenolic OH excluding ortho intramolecular Hbond substituents is 1. The zero-order valence-corrected chi connectivity index (χ0v) is 17.2. The number of nitrogens with two attached hydrogens (primary N) is 1. The van der Waals surface area contributed by atoms with Crippen molar-refractivity contribution in [3.05, 3.63) is 23.3 Å². The van der Waals surface area contributed by atoms with Crippen molar-refractivity contribution in [2.75, 3.05) is 13.6 Å². The summed E-state index contributed by atoms with van der Waals surface area (Å²) in [6.07, 6.45) is 4.35. The molecule has 152 valence electrons. The molecular weight excluding hydrogens is 342 g/mol. The van der Waals surface area contributed by atoms with Crippen molar-refractivity contribution in [3.63, 3.8) is 0 Å². The van der Waals surface area contributed by atoms with Crippen LogP contribution in [-0.4, -0.2) is 46.7 Å². The highest BCUT2D eigenvalue weighted by Crippen LogP contribution is 2.59. The maximum Gasteiger partial charge on any atom is 0.165 e. The average molecular weight is 379 g/mol. The number of rotatable bonds is 4. The molecule has 0 amide bonds. The summed E-state index contributed by atoms with van der Waals surface area (Å²) in [5.74, 6) is 1.63. The van der Waals surface area contributed by atoms with Crippen molar-refractivity contribution in [1.29, 1.82) is 0 Å². The van der Waals surface area contributed by atoms with E-state index < -0.39 is 23.2 Å². The van der Waals surface area contributed by atoms with Gasteiger partial charge in [0, 0.05) is 11.5 Å². The minimum atomic E-state index is -0.964. The summed E-state index contributed by atoms with van der Waals surface area (Å²) in [6.45, 7) is 7.26. The highest BCUT2D eigenvalue weighted by atomic mass is 16.5. The molecule has 2 saturated carbocycles. The Morgan fingerprint density at radius 3 is 2.44 bits per heavy atom. The molecule has 0 radical (unpaired) electrons. The van der Waals surface area contributed by atoms with Gasteiger partial charge in [-0.15, -0.1) is 0 Å². The molecule has 3 unspecified atom stereocenters. The van der Waals surface area contributed by atoms with Gasteiger partial charge < -0.3 is 25.4 Å². The van der Waals surface area contributed by atoms with Crippen LogP contribution in [0.4, 0.5) is 0 Å². The lowest BCUT2D eigenvalue weighted by atomic mass is 9.57. The van der Waals surface area contributed by atoms with Crippen LogP contribution in [-0.2, 0) is 11.8 Å². The van der Waals surface area contributed by atoms with Crippen molar-refractivity contribution in [3.8, 4) is 11.5 Å². The van der Waals surface area contributed by atoms with Crippen LogP contribution in [0, 0.1) is 5.92 Å². The Morgan fingerprint density at radius 1 is 1.22 bits per heavy atom. The highest BCUT2D eigenvalue weighted by molar-refractivity contribution is 5.59. The van der Waals surface area contributed by atoms with Crippen molar-refractivity contribution in [2.45, 2.75) is 82.5 Å². The molecule has 1 heterocycles. The number of aromatic hydroxyl groups is 1. The first-order chi connectivity index (χ1) is 12.8. The largest absolute Gasteiger partial charge is 0.504 e. The molecule has 5 N–H and O–H groups in total. The van der Waals surface area contributed by atoms with Crippen LogP contribution in [0.5, 0.6) is 11.5 Å². The van der Waals surface area contributed by atoms with E-state index in [0.717, 1.165) is 23.5 Å². The number of aliphatic hydroxyl groups is 2. The number of aliphatic hydroxyl groups excluding tert-OH is 1. The van der Waals surface area contributed by atoms with E-state index in [2.05, 4.69) is 19.3 Å². The lowest BCUT2D eigenvalue weighted by Crippen LogP contribution is -2.80. The fourth-order valence-corrected chi connectivity index (χ4v) is 5.12. The van der Waals surface area contributed by atoms with Crippen LogP contribution in [0.2, 0.25) is 0 Å². The summed E-state index contributed by atoms with van der Waals surface area (Å²) in [6, 6.07) is 3.54. The van der Waals surface area contributed by atoms with E-state index in [4.69, 9.17) is 4.74 Å². The van der Waals surface area contributed by atoms with Crippen LogP contribution in [0.25, 0.3) is 0 Å². The lowest BCUT2D eigenvalue weighted by molar-refractivity contribution is -0.629. The fourth-order valence-electron chi connectivity index (χ4n) is 5.12. The monoisotopic (exact) mass is 378 g/mol. The van der Waals surface area contributed by atoms with E-state index in [1.165, 1.54) is 19.4 Å². The zero-order chi connectivity index (χ0) is 19.8. The minimum Gasteiger partial charge on any atom is -0.504 e. The summed E-state index contributed by atoms with van der Waals surface area (Å²) in [4.78, 5) is 0. The molecule has 5 heteroatoms. The van der Waals surface area contributed by atoms with Crippen LogP contribution in [0.1, 0.15) is 64.0 Å². The number of ether oxygens (including phenoxy) is 1. The van der Waals surface area contributed by atoms with Gasteiger partial charge in [0.05, 0.1) is 30.7 Å². The zero-order valence-electron chi connectivity index (χ0n) is 17.2. The normalized spacial score (nSPS) is 34.1. The van der Waals surface area contributed by atoms with Gasteiger partial charge >= 0.3 is 0 Å². The topological polar surface area (TPSA) is 86.5 Å². The second-order valence-corrected chi connectivity index (χ2v) is 8.63. The number of hydrogen-bond acceptors (Lipinski definition) is 4. The van der Waals surface area contributed by atoms with Crippen molar-refractivity contribution in [1.82, 2.24) is 0 Å². The third kappa shape index (κ3) is 3.34. The lowest BCUT2D eigenvalue weighted by Gasteiger charge is -2.51. The first kappa shape index (κ1) is 20.4. The van der Waals surface area contributed by atoms with Crippen LogP contribution < -0.4 is 10.1 Å². The summed E-state index contributed by atoms with van der Waals surface area (Å²) in [5, 5.41) is 34.0. The van der Waals surface area contributed by atoms with Crippen molar-refractivity contribution < 1.29 is 25.4 Å². The molecule has 5 nitrogen and oxygen atoms in total. The number of phenols is 1. The molecule has 0 spiro atoms. The van der Waals surface area contributed by atoms with Crippen molar-refractivity contribution >= 4 is 0 Å². The van der Waals surface area contributed by atoms with E-state index in [9.17, 15) is 15.3 Å². The highest BCUT2D eigenvalue weighted by Gasteiger charge is 2.64. The molecule has 3 aliphatic rings. The number of hydrogen-bond donors (Lipinski definition) is 4. The van der Waals surface area contributed by atoms with Gasteiger partial charge in [-0.1, -0.05) is 19.9 Å². The quantitative estimate of drug-likeness (QED) is 0.644. The molecular formula is C22H36NO4+. The van der Waals surface area contributed by atoms with E-state index in [0.29, 0.717) is 25.0 Å². The van der Waals surface area contributed by atoms with Gasteiger partial charge in [-0.2, -0.15) is 0 Å². The summed E-state index contributed by atoms with van der Waals surface area (Å²) in [7, 11) is 2.14. The van der Waals surface area contributed by atoms with Gasteiger partial charge in [0.15, 0.2) is 11.5 Å². The Morgan fingerprint density at radius 2 is 1.93 bits per heavy atom. The summed E-state index contributed by atoms with van der Waals surface area (Å²) >= 11 is 0. The third-order valence-electron chi connectivity index (χ3n) is 6.84. The maximum atomic E-state index is 11.1. The second-order valence-electron chi connectivity index (χ2n) is 8.63. The predicted molar refractivity (Wildman–Crippen MR) is 105 cm³/mol. The molecule has 4 atom stereocenters. The van der Waals surface area contributed by atoms with Crippen LogP contribution in [0.3, 0.4) is 0 Å². The molecule has 1 aromatic carbocycles. The number of quaternary nitrogens is 1. The van der Waals surface area contributed by atoms with Crippen molar-refractivity contribution in [2.24, 2.45) is 5.92 Å². The second kappa shape index (κ2) is 7.61. The van der Waals surface area contributed by atoms with Crippen LogP contribution in [0.15, 0.2) is 12.1 Å². The maximum absolute atomic E-state index is 11.1. The molecule has 0 saturated heterocycles. The first-order valence-electron chi connectivity index (χ1n) is 10.5. The molecule has 27 heavy (non-hydrogen) atoms. The summed E-state index contributed by atoms with van der Waals surface area (Å²) < 4.78 is 5.97. The Labute approximate surface area is 162 Å². The molecule has 2 aliphatic carbocycles. The fraction of sp³-hybridized carbons (Fsp3) is 0.727. The minimum absolute atomic E-state index is 0.0902. The molecule has 1 aliphatic heterocycles. The Bertz CT molecular complexity index is 671. The van der Waals surface area contributed by atoms with Gasteiger partial charge in [-0.25, -0.2) is 0 Å². The van der Waals surface area contributed by atoms with E-state index in [1.54, 1.807) is 6.07 Å². The third-order valence-corrected chi connectivity index (χ3v) is 6.84. The summed E-state index contributed by atoms with van der Waals surface area (Å²) in [5.41, 5.74) is 0.335. The predicted octanol–water partition coefficient (Wildman–Crippen LogP) is 1.86. The van der Waals surface area contributed by atoms with E-state index >= 15 is 0 Å². The van der Waals surface area contributed by atoms with Gasteiger partial charge in [0.25, 0.3) is 0 Å². The van der Waals surface area contributed by atoms with E-state index in [1.807, 2.05) is 19.9 Å². The average Bonchev–Trinajstić information content (AvgIpc) is 3.38. The van der Waals surface area contributed by atoms with Gasteiger partial charge in [-0.05, 0) is 57.1 Å². The molecule has 0 aromatic heterocycles. The molecule has 4 rings (SSSR count). The number of benzene rings is 1. The van der Waals surface area contributed by atoms with E-state index in [-0.39, 0.29) is 5.75 Å². The standard InChI is InChI=1S/C17H24O4.C5H11N/c1-4-10-6-7-11(18)14-13(10)17(5-2)15(21-14)12(19)8-9-16(17,3)20;1-6-4-5-2-3-5/h6-7,12,15,18-20H,4-5,8-9H2,1-3H3;5-6H,2-4H2,1H3/p+1/t12?,15-,16?,17?;/m0./s1. The molecule has 2 fully saturated rings. The Balaban J connectivity index is 0.000000299. The Kier molecular flexibility index (Phi) is 5.76. The van der Waals surface area contributed by atoms with Gasteiger partial charge in [0.2, 0.25) is 0 Å². The SMILES string of the molecule is CCc1ccc(O)c2c1C1(CC)[C@@H](O2)C(O)CCC1(C)O.C[NH2+]CC1CC1. The van der Waals surface area contributed by atoms with Gasteiger partial charge in [-0.3, -0.25) is 0 Å². The first-order valence-corrected chi connectivity index (χ1v) is 10.5. The number of fused-ring (bicyclic) bond motifs is 3. The van der Waals surface area contributed by atoms with Crippen LogP contribution >= 0.6 is 0 Å². The number of aryl methyl sites for hydroxylation is 1. The molecule has 1 aromatic rings. The molecule has 0 bridgehead atoms. The van der Waals surface area contributed by atoms with Gasteiger partial charge in [0.1, 0.15) is 6.10 Å². The Hall–Kier alpha value is -1.30. The smallest absolute Gasteiger partial charge is 0.165 e.